The Morgan fingerprint density at radius 3 is 2.75 bits per heavy atom. The molecule has 0 fully saturated rings. The van der Waals surface area contributed by atoms with Crippen molar-refractivity contribution in [3.8, 4) is 11.5 Å². The van der Waals surface area contributed by atoms with Crippen LogP contribution < -0.4 is 0 Å². The van der Waals surface area contributed by atoms with Crippen LogP contribution in [-0.4, -0.2) is 41.7 Å². The lowest BCUT2D eigenvalue weighted by atomic mass is 10.0. The molecule has 0 aromatic heterocycles. The Morgan fingerprint density at radius 2 is 2.17 bits per heavy atom. The third-order valence-corrected chi connectivity index (χ3v) is 6.15. The van der Waals surface area contributed by atoms with Crippen molar-refractivity contribution in [1.29, 1.82) is 0 Å². The van der Waals surface area contributed by atoms with E-state index in [0.29, 0.717) is 6.42 Å². The second-order valence-electron chi connectivity index (χ2n) is 7.04. The highest BCUT2D eigenvalue weighted by atomic mass is 79.9. The molecule has 1 aliphatic rings. The summed E-state index contributed by atoms with van der Waals surface area (Å²) >= 11 is 16.2. The Bertz CT molecular complexity index is 519. The highest BCUT2D eigenvalue weighted by Gasteiger charge is 2.31. The van der Waals surface area contributed by atoms with Gasteiger partial charge >= 0.3 is 0 Å². The van der Waals surface area contributed by atoms with Crippen LogP contribution in [0.15, 0.2) is 23.3 Å². The van der Waals surface area contributed by atoms with Crippen LogP contribution in [0, 0.1) is 11.5 Å². The van der Waals surface area contributed by atoms with Crippen molar-refractivity contribution in [3.63, 3.8) is 0 Å². The lowest BCUT2D eigenvalue weighted by Crippen LogP contribution is -2.41. The minimum Gasteiger partial charge on any atom is -0.389 e. The standard InChI is InChI=1S/C18H27BrCl2O2Si/c1-5-16-14(19)12-13(20)9-10-17(23-16)18(22)15(21)8-6-7-11-24(2,3)4/h6,8-9,14-18,22H,5,10,12H2,1-4H3/b8-6-,13-9+/t14-,15-,16+,17+,18+/m0/s1. The van der Waals surface area contributed by atoms with E-state index in [4.69, 9.17) is 27.9 Å². The summed E-state index contributed by atoms with van der Waals surface area (Å²) < 4.78 is 6.10. The fourth-order valence-electron chi connectivity index (χ4n) is 2.30. The summed E-state index contributed by atoms with van der Waals surface area (Å²) in [6, 6.07) is 0. The van der Waals surface area contributed by atoms with E-state index in [1.165, 1.54) is 0 Å². The highest BCUT2D eigenvalue weighted by molar-refractivity contribution is 9.09. The molecule has 0 saturated carbocycles. The predicted molar refractivity (Wildman–Crippen MR) is 111 cm³/mol. The van der Waals surface area contributed by atoms with Gasteiger partial charge in [0, 0.05) is 9.86 Å². The lowest BCUT2D eigenvalue weighted by molar-refractivity contribution is -0.0746. The second-order valence-corrected chi connectivity index (χ2v) is 14.0. The van der Waals surface area contributed by atoms with Crippen LogP contribution in [0.5, 0.6) is 0 Å². The lowest BCUT2D eigenvalue weighted by Gasteiger charge is -2.32. The SMILES string of the molecule is CC[C@H]1O[C@@H]([C@H](O)[C@@H](Cl)/C=C\C#C[Si](C)(C)C)C/C=C(/Cl)C[C@@H]1Br. The third-order valence-electron chi connectivity index (χ3n) is 3.63. The first-order valence-corrected chi connectivity index (χ1v) is 13.5. The quantitative estimate of drug-likeness (QED) is 0.358. The molecule has 1 aliphatic heterocycles. The number of hydrogen-bond acceptors (Lipinski definition) is 2. The van der Waals surface area contributed by atoms with Crippen LogP contribution in [0.25, 0.3) is 0 Å². The van der Waals surface area contributed by atoms with Crippen molar-refractivity contribution in [2.24, 2.45) is 0 Å². The first kappa shape index (κ1) is 22.3. The molecule has 6 heteroatoms. The molecule has 0 aromatic rings. The molecule has 24 heavy (non-hydrogen) atoms. The summed E-state index contributed by atoms with van der Waals surface area (Å²) in [5.41, 5.74) is 3.24. The monoisotopic (exact) mass is 452 g/mol. The van der Waals surface area contributed by atoms with Crippen molar-refractivity contribution >= 4 is 47.2 Å². The minimum absolute atomic E-state index is 0.00775. The smallest absolute Gasteiger partial charge is 0.129 e. The van der Waals surface area contributed by atoms with E-state index in [-0.39, 0.29) is 17.0 Å². The topological polar surface area (TPSA) is 29.5 Å². The van der Waals surface area contributed by atoms with Gasteiger partial charge in [0.25, 0.3) is 0 Å². The van der Waals surface area contributed by atoms with Crippen LogP contribution in [0.2, 0.25) is 19.6 Å². The van der Waals surface area contributed by atoms with Gasteiger partial charge in [0.15, 0.2) is 0 Å². The summed E-state index contributed by atoms with van der Waals surface area (Å²) in [4.78, 5) is 0.133. The molecule has 5 atom stereocenters. The summed E-state index contributed by atoms with van der Waals surface area (Å²) in [5.74, 6) is 3.02. The van der Waals surface area contributed by atoms with Gasteiger partial charge in [0.2, 0.25) is 0 Å². The summed E-state index contributed by atoms with van der Waals surface area (Å²) in [6.07, 6.45) is 6.29. The number of aliphatic hydroxyl groups excluding tert-OH is 1. The van der Waals surface area contributed by atoms with Crippen molar-refractivity contribution in [1.82, 2.24) is 0 Å². The molecule has 0 radical (unpaired) electrons. The zero-order valence-electron chi connectivity index (χ0n) is 14.7. The molecule has 2 nitrogen and oxygen atoms in total. The average molecular weight is 454 g/mol. The van der Waals surface area contributed by atoms with E-state index < -0.39 is 19.6 Å². The Kier molecular flexibility index (Phi) is 9.66. The first-order chi connectivity index (χ1) is 11.1. The molecule has 1 rings (SSSR count). The Balaban J connectivity index is 2.78. The average Bonchev–Trinajstić information content (AvgIpc) is 2.48. The van der Waals surface area contributed by atoms with Crippen molar-refractivity contribution in [2.45, 2.75) is 74.3 Å². The summed E-state index contributed by atoms with van der Waals surface area (Å²) in [6.45, 7) is 8.61. The van der Waals surface area contributed by atoms with Gasteiger partial charge in [-0.15, -0.1) is 17.1 Å². The van der Waals surface area contributed by atoms with Gasteiger partial charge in [-0.1, -0.05) is 72.2 Å². The molecule has 0 saturated heterocycles. The maximum atomic E-state index is 10.6. The normalized spacial score (nSPS) is 30.5. The molecule has 1 N–H and O–H groups in total. The summed E-state index contributed by atoms with van der Waals surface area (Å²) in [5, 5.41) is 10.8. The number of allylic oxidation sites excluding steroid dienone is 2. The fourth-order valence-corrected chi connectivity index (χ4v) is 4.34. The van der Waals surface area contributed by atoms with Crippen molar-refractivity contribution in [3.05, 3.63) is 23.3 Å². The van der Waals surface area contributed by atoms with E-state index in [9.17, 15) is 5.11 Å². The largest absolute Gasteiger partial charge is 0.389 e. The van der Waals surface area contributed by atoms with Crippen LogP contribution >= 0.6 is 39.1 Å². The van der Waals surface area contributed by atoms with Gasteiger partial charge in [-0.2, -0.15) is 0 Å². The molecule has 0 aromatic carbocycles. The van der Waals surface area contributed by atoms with E-state index in [2.05, 4.69) is 54.0 Å². The number of alkyl halides is 2. The van der Waals surface area contributed by atoms with Gasteiger partial charge in [-0.05, 0) is 25.3 Å². The van der Waals surface area contributed by atoms with Crippen molar-refractivity contribution < 1.29 is 9.84 Å². The molecule has 1 heterocycles. The number of hydrogen-bond donors (Lipinski definition) is 1. The number of halogens is 3. The number of aliphatic hydroxyl groups is 1. The van der Waals surface area contributed by atoms with E-state index in [1.54, 1.807) is 12.2 Å². The zero-order valence-corrected chi connectivity index (χ0v) is 18.8. The Labute approximate surface area is 165 Å². The van der Waals surface area contributed by atoms with Gasteiger partial charge < -0.3 is 9.84 Å². The van der Waals surface area contributed by atoms with Gasteiger partial charge in [-0.3, -0.25) is 0 Å². The molecule has 136 valence electrons. The van der Waals surface area contributed by atoms with Crippen LogP contribution in [0.1, 0.15) is 26.2 Å². The molecule has 0 amide bonds. The molecule has 0 spiro atoms. The van der Waals surface area contributed by atoms with Gasteiger partial charge in [-0.25, -0.2) is 0 Å². The predicted octanol–water partition coefficient (Wildman–Crippen LogP) is 5.24. The first-order valence-electron chi connectivity index (χ1n) is 8.29. The highest BCUT2D eigenvalue weighted by Crippen LogP contribution is 2.29. The maximum Gasteiger partial charge on any atom is 0.129 e. The molecule has 0 aliphatic carbocycles. The third kappa shape index (κ3) is 8.08. The van der Waals surface area contributed by atoms with E-state index >= 15 is 0 Å². The fraction of sp³-hybridized carbons (Fsp3) is 0.667. The van der Waals surface area contributed by atoms with Crippen molar-refractivity contribution in [2.75, 3.05) is 0 Å². The Hall–Kier alpha value is 0.237. The second kappa shape index (κ2) is 10.4. The molecular weight excluding hydrogens is 427 g/mol. The maximum absolute atomic E-state index is 10.6. The van der Waals surface area contributed by atoms with Gasteiger partial charge in [0.05, 0.1) is 17.6 Å². The van der Waals surface area contributed by atoms with E-state index in [0.717, 1.165) is 17.9 Å². The van der Waals surface area contributed by atoms with E-state index in [1.807, 2.05) is 6.08 Å². The van der Waals surface area contributed by atoms with Crippen LogP contribution in [-0.2, 0) is 4.74 Å². The zero-order chi connectivity index (χ0) is 18.3. The minimum atomic E-state index is -1.40. The van der Waals surface area contributed by atoms with Gasteiger partial charge in [0.1, 0.15) is 14.2 Å². The number of ether oxygens (including phenoxy) is 1. The molecule has 0 unspecified atom stereocenters. The summed E-state index contributed by atoms with van der Waals surface area (Å²) in [7, 11) is -1.40. The molecule has 0 bridgehead atoms. The van der Waals surface area contributed by atoms with Crippen LogP contribution in [0.3, 0.4) is 0 Å². The van der Waals surface area contributed by atoms with Crippen LogP contribution in [0.4, 0.5) is 0 Å². The number of rotatable bonds is 4. The Morgan fingerprint density at radius 1 is 1.50 bits per heavy atom. The molecular formula is C18H27BrCl2O2Si.